The molecule has 0 radical (unpaired) electrons. The zero-order chi connectivity index (χ0) is 16.9. The maximum absolute atomic E-state index is 12.2. The van der Waals surface area contributed by atoms with Gasteiger partial charge in [-0.25, -0.2) is 0 Å². The molecule has 4 nitrogen and oxygen atoms in total. The van der Waals surface area contributed by atoms with Crippen LogP contribution in [-0.2, 0) is 9.59 Å². The van der Waals surface area contributed by atoms with Gasteiger partial charge < -0.3 is 10.2 Å². The lowest BCUT2D eigenvalue weighted by molar-refractivity contribution is -0.129. The first-order valence-corrected chi connectivity index (χ1v) is 9.92. The molecule has 2 amide bonds. The van der Waals surface area contributed by atoms with Gasteiger partial charge in [0.1, 0.15) is 0 Å². The Morgan fingerprint density at radius 2 is 1.96 bits per heavy atom. The SMILES string of the molecule is O=C(CSc1ccc(Cl)cc1)NCC1CC(=O)N(C2CCCC2)C1. The molecule has 1 aliphatic carbocycles. The number of nitrogens with one attached hydrogen (secondary N) is 1. The van der Waals surface area contributed by atoms with Crippen LogP contribution in [0.4, 0.5) is 0 Å². The lowest BCUT2D eigenvalue weighted by Crippen LogP contribution is -2.36. The molecule has 1 atom stereocenters. The van der Waals surface area contributed by atoms with Crippen LogP contribution in [0.5, 0.6) is 0 Å². The van der Waals surface area contributed by atoms with Crippen LogP contribution in [-0.4, -0.2) is 41.6 Å². The molecule has 1 aromatic carbocycles. The Morgan fingerprint density at radius 3 is 2.67 bits per heavy atom. The standard InChI is InChI=1S/C18H23ClN2O2S/c19-14-5-7-16(8-6-14)24-12-17(22)20-10-13-9-18(23)21(11-13)15-3-1-2-4-15/h5-8,13,15H,1-4,9-12H2,(H,20,22). The minimum absolute atomic E-state index is 0.0155. The summed E-state index contributed by atoms with van der Waals surface area (Å²) in [6, 6.07) is 7.91. The fourth-order valence-electron chi connectivity index (χ4n) is 3.50. The van der Waals surface area contributed by atoms with Gasteiger partial charge in [-0.15, -0.1) is 11.8 Å². The van der Waals surface area contributed by atoms with Gasteiger partial charge in [-0.05, 0) is 37.1 Å². The first-order valence-electron chi connectivity index (χ1n) is 8.56. The van der Waals surface area contributed by atoms with E-state index in [1.54, 1.807) is 0 Å². The predicted molar refractivity (Wildman–Crippen MR) is 97.3 cm³/mol. The Labute approximate surface area is 152 Å². The number of halogens is 1. The van der Waals surface area contributed by atoms with E-state index < -0.39 is 0 Å². The molecule has 1 saturated carbocycles. The summed E-state index contributed by atoms with van der Waals surface area (Å²) in [5.74, 6) is 0.912. The molecule has 0 bridgehead atoms. The number of rotatable bonds is 6. The number of likely N-dealkylation sites (tertiary alicyclic amines) is 1. The van der Waals surface area contributed by atoms with Crippen LogP contribution in [0.3, 0.4) is 0 Å². The smallest absolute Gasteiger partial charge is 0.230 e. The topological polar surface area (TPSA) is 49.4 Å². The Bertz CT molecular complexity index is 587. The number of amides is 2. The lowest BCUT2D eigenvalue weighted by atomic mass is 10.1. The van der Waals surface area contributed by atoms with Crippen LogP contribution in [0.1, 0.15) is 32.1 Å². The quantitative estimate of drug-likeness (QED) is 0.785. The maximum Gasteiger partial charge on any atom is 0.230 e. The first-order chi connectivity index (χ1) is 11.6. The second-order valence-corrected chi connectivity index (χ2v) is 8.09. The Hall–Kier alpha value is -1.20. The minimum atomic E-state index is 0.0155. The van der Waals surface area contributed by atoms with Gasteiger partial charge in [-0.1, -0.05) is 24.4 Å². The monoisotopic (exact) mass is 366 g/mol. The largest absolute Gasteiger partial charge is 0.355 e. The predicted octanol–water partition coefficient (Wildman–Crippen LogP) is 3.34. The van der Waals surface area contributed by atoms with Crippen LogP contribution in [0.25, 0.3) is 0 Å². The lowest BCUT2D eigenvalue weighted by Gasteiger charge is -2.24. The number of carbonyl (C=O) groups excluding carboxylic acids is 2. The average molecular weight is 367 g/mol. The second kappa shape index (κ2) is 8.26. The first kappa shape index (κ1) is 17.6. The van der Waals surface area contributed by atoms with Gasteiger partial charge in [0.05, 0.1) is 5.75 Å². The van der Waals surface area contributed by atoms with Crippen LogP contribution < -0.4 is 5.32 Å². The van der Waals surface area contributed by atoms with E-state index in [0.29, 0.717) is 29.8 Å². The number of nitrogens with zero attached hydrogens (tertiary/aromatic N) is 1. The fraction of sp³-hybridized carbons (Fsp3) is 0.556. The van der Waals surface area contributed by atoms with Gasteiger partial charge in [0.15, 0.2) is 0 Å². The van der Waals surface area contributed by atoms with Gasteiger partial charge in [0.25, 0.3) is 0 Å². The summed E-state index contributed by atoms with van der Waals surface area (Å²) in [6.45, 7) is 1.39. The molecule has 0 aromatic heterocycles. The summed E-state index contributed by atoms with van der Waals surface area (Å²) in [5, 5.41) is 3.67. The zero-order valence-corrected chi connectivity index (χ0v) is 15.2. The molecule has 1 saturated heterocycles. The summed E-state index contributed by atoms with van der Waals surface area (Å²) >= 11 is 7.34. The Kier molecular flexibility index (Phi) is 6.06. The number of thioether (sulfide) groups is 1. The van der Waals surface area contributed by atoms with E-state index in [2.05, 4.69) is 5.32 Å². The highest BCUT2D eigenvalue weighted by atomic mass is 35.5. The van der Waals surface area contributed by atoms with E-state index in [4.69, 9.17) is 11.6 Å². The van der Waals surface area contributed by atoms with Crippen molar-refractivity contribution in [1.82, 2.24) is 10.2 Å². The van der Waals surface area contributed by atoms with Gasteiger partial charge in [-0.2, -0.15) is 0 Å². The van der Waals surface area contributed by atoms with Crippen molar-refractivity contribution < 1.29 is 9.59 Å². The third kappa shape index (κ3) is 4.67. The van der Waals surface area contributed by atoms with Crippen molar-refractivity contribution in [2.24, 2.45) is 5.92 Å². The van der Waals surface area contributed by atoms with E-state index >= 15 is 0 Å². The Morgan fingerprint density at radius 1 is 1.25 bits per heavy atom. The molecule has 2 fully saturated rings. The van der Waals surface area contributed by atoms with E-state index in [1.807, 2.05) is 29.2 Å². The normalized spacial score (nSPS) is 21.5. The number of hydrogen-bond donors (Lipinski definition) is 1. The molecule has 6 heteroatoms. The van der Waals surface area contributed by atoms with Crippen LogP contribution in [0.2, 0.25) is 5.02 Å². The molecule has 1 unspecified atom stereocenters. The van der Waals surface area contributed by atoms with Crippen molar-refractivity contribution >= 4 is 35.2 Å². The highest BCUT2D eigenvalue weighted by Crippen LogP contribution is 2.29. The van der Waals surface area contributed by atoms with Gasteiger partial charge in [0, 0.05) is 41.4 Å². The van der Waals surface area contributed by atoms with Crippen LogP contribution in [0, 0.1) is 5.92 Å². The van der Waals surface area contributed by atoms with E-state index in [-0.39, 0.29) is 17.7 Å². The van der Waals surface area contributed by atoms with Gasteiger partial charge in [-0.3, -0.25) is 9.59 Å². The van der Waals surface area contributed by atoms with E-state index in [0.717, 1.165) is 24.3 Å². The van der Waals surface area contributed by atoms with Crippen molar-refractivity contribution in [3.8, 4) is 0 Å². The molecule has 1 aliphatic heterocycles. The van der Waals surface area contributed by atoms with Crippen molar-refractivity contribution in [2.45, 2.75) is 43.0 Å². The zero-order valence-electron chi connectivity index (χ0n) is 13.7. The molecule has 1 N–H and O–H groups in total. The second-order valence-electron chi connectivity index (χ2n) is 6.60. The van der Waals surface area contributed by atoms with Crippen molar-refractivity contribution in [1.29, 1.82) is 0 Å². The minimum Gasteiger partial charge on any atom is -0.355 e. The summed E-state index contributed by atoms with van der Waals surface area (Å²) in [4.78, 5) is 27.2. The highest BCUT2D eigenvalue weighted by molar-refractivity contribution is 8.00. The van der Waals surface area contributed by atoms with Crippen molar-refractivity contribution in [3.05, 3.63) is 29.3 Å². The fourth-order valence-corrected chi connectivity index (χ4v) is 4.36. The number of hydrogen-bond acceptors (Lipinski definition) is 3. The molecule has 2 aliphatic rings. The molecule has 0 spiro atoms. The molecule has 130 valence electrons. The summed E-state index contributed by atoms with van der Waals surface area (Å²) < 4.78 is 0. The molecule has 24 heavy (non-hydrogen) atoms. The maximum atomic E-state index is 12.2. The van der Waals surface area contributed by atoms with Crippen molar-refractivity contribution in [2.75, 3.05) is 18.8 Å². The third-order valence-corrected chi connectivity index (χ3v) is 6.04. The highest BCUT2D eigenvalue weighted by Gasteiger charge is 2.35. The van der Waals surface area contributed by atoms with Crippen molar-refractivity contribution in [3.63, 3.8) is 0 Å². The molecule has 1 heterocycles. The van der Waals surface area contributed by atoms with Gasteiger partial charge >= 0.3 is 0 Å². The van der Waals surface area contributed by atoms with Crippen LogP contribution >= 0.6 is 23.4 Å². The Balaban J connectivity index is 1.38. The van der Waals surface area contributed by atoms with Gasteiger partial charge in [0.2, 0.25) is 11.8 Å². The number of benzene rings is 1. The van der Waals surface area contributed by atoms with E-state index in [9.17, 15) is 9.59 Å². The summed E-state index contributed by atoms with van der Waals surface area (Å²) in [6.07, 6.45) is 5.32. The summed E-state index contributed by atoms with van der Waals surface area (Å²) in [5.41, 5.74) is 0. The van der Waals surface area contributed by atoms with E-state index in [1.165, 1.54) is 24.6 Å². The molecular formula is C18H23ClN2O2S. The van der Waals surface area contributed by atoms with Crippen LogP contribution in [0.15, 0.2) is 29.2 Å². The third-order valence-electron chi connectivity index (χ3n) is 4.78. The summed E-state index contributed by atoms with van der Waals surface area (Å²) in [7, 11) is 0. The molecular weight excluding hydrogens is 344 g/mol. The number of carbonyl (C=O) groups is 2. The average Bonchev–Trinajstić information content (AvgIpc) is 3.21. The molecule has 1 aromatic rings. The molecule has 3 rings (SSSR count).